The summed E-state index contributed by atoms with van der Waals surface area (Å²) in [5, 5.41) is 6.64. The number of hydrogen-bond donors (Lipinski definition) is 2. The predicted molar refractivity (Wildman–Crippen MR) is 106 cm³/mol. The van der Waals surface area contributed by atoms with Crippen LogP contribution in [0, 0.1) is 0 Å². The van der Waals surface area contributed by atoms with E-state index >= 15 is 0 Å². The van der Waals surface area contributed by atoms with Gasteiger partial charge in [-0.05, 0) is 17.2 Å². The smallest absolute Gasteiger partial charge is 0.191 e. The van der Waals surface area contributed by atoms with Crippen LogP contribution in [0.5, 0.6) is 5.75 Å². The molecule has 0 bridgehead atoms. The number of aliphatic imine (C=N–C) groups is 1. The van der Waals surface area contributed by atoms with Crippen molar-refractivity contribution in [3.05, 3.63) is 77.9 Å². The lowest BCUT2D eigenvalue weighted by atomic mass is 10.1. The molecule has 26 heavy (non-hydrogen) atoms. The van der Waals surface area contributed by atoms with Crippen LogP contribution in [0.25, 0.3) is 0 Å². The first kappa shape index (κ1) is 19.5. The van der Waals surface area contributed by atoms with Gasteiger partial charge in [-0.15, -0.1) is 0 Å². The number of guanidine groups is 1. The molecule has 0 unspecified atom stereocenters. The molecule has 5 heteroatoms. The van der Waals surface area contributed by atoms with Crippen LogP contribution in [0.4, 0.5) is 0 Å². The molecule has 0 amide bonds. The van der Waals surface area contributed by atoms with E-state index in [4.69, 9.17) is 9.47 Å². The zero-order valence-electron chi connectivity index (χ0n) is 15.5. The summed E-state index contributed by atoms with van der Waals surface area (Å²) in [6.07, 6.45) is 1.74. The lowest BCUT2D eigenvalue weighted by molar-refractivity contribution is 0.185. The summed E-state index contributed by atoms with van der Waals surface area (Å²) < 4.78 is 10.8. The second kappa shape index (κ2) is 10.9. The van der Waals surface area contributed by atoms with E-state index in [0.29, 0.717) is 26.3 Å². The van der Waals surface area contributed by atoms with Crippen molar-refractivity contribution in [2.75, 3.05) is 20.8 Å². The van der Waals surface area contributed by atoms with E-state index in [-0.39, 0.29) is 0 Å². The van der Waals surface area contributed by atoms with Crippen LogP contribution in [-0.2, 0) is 24.4 Å². The van der Waals surface area contributed by atoms with Gasteiger partial charge in [-0.1, -0.05) is 55.1 Å². The largest absolute Gasteiger partial charge is 0.489 e. The molecule has 0 aliphatic heterocycles. The van der Waals surface area contributed by atoms with Gasteiger partial charge in [0, 0.05) is 32.8 Å². The average molecular weight is 353 g/mol. The number of benzene rings is 2. The second-order valence-electron chi connectivity index (χ2n) is 5.74. The van der Waals surface area contributed by atoms with Crippen LogP contribution < -0.4 is 15.4 Å². The number of hydrogen-bond acceptors (Lipinski definition) is 3. The molecule has 0 aromatic heterocycles. The molecule has 0 spiro atoms. The number of nitrogens with one attached hydrogen (secondary N) is 2. The van der Waals surface area contributed by atoms with E-state index in [1.807, 2.05) is 24.3 Å². The number of para-hydroxylation sites is 1. The maximum atomic E-state index is 5.68. The van der Waals surface area contributed by atoms with E-state index in [9.17, 15) is 0 Å². The van der Waals surface area contributed by atoms with Crippen molar-refractivity contribution in [1.82, 2.24) is 10.6 Å². The molecule has 2 rings (SSSR count). The molecule has 0 fully saturated rings. The summed E-state index contributed by atoms with van der Waals surface area (Å²) in [5.74, 6) is 1.59. The predicted octanol–water partition coefficient (Wildman–Crippen LogP) is 3.26. The van der Waals surface area contributed by atoms with Crippen LogP contribution in [0.2, 0.25) is 0 Å². The molecule has 2 N–H and O–H groups in total. The fraction of sp³-hybridized carbons (Fsp3) is 0.286. The quantitative estimate of drug-likeness (QED) is 0.413. The average Bonchev–Trinajstić information content (AvgIpc) is 2.68. The van der Waals surface area contributed by atoms with Gasteiger partial charge in [0.05, 0.1) is 6.61 Å². The Morgan fingerprint density at radius 1 is 1.04 bits per heavy atom. The molecule has 0 saturated heterocycles. The van der Waals surface area contributed by atoms with E-state index in [2.05, 4.69) is 46.5 Å². The van der Waals surface area contributed by atoms with Crippen molar-refractivity contribution >= 4 is 5.96 Å². The molecule has 0 saturated carbocycles. The third kappa shape index (κ3) is 6.26. The number of nitrogens with zero attached hydrogens (tertiary/aromatic N) is 1. The highest BCUT2D eigenvalue weighted by molar-refractivity contribution is 5.79. The van der Waals surface area contributed by atoms with Gasteiger partial charge in [0.15, 0.2) is 5.96 Å². The molecule has 2 aromatic carbocycles. The highest BCUT2D eigenvalue weighted by Crippen LogP contribution is 2.17. The van der Waals surface area contributed by atoms with Gasteiger partial charge in [-0.25, -0.2) is 0 Å². The summed E-state index contributed by atoms with van der Waals surface area (Å²) >= 11 is 0. The highest BCUT2D eigenvalue weighted by atomic mass is 16.5. The molecular weight excluding hydrogens is 326 g/mol. The molecule has 0 aliphatic rings. The fourth-order valence-corrected chi connectivity index (χ4v) is 2.44. The van der Waals surface area contributed by atoms with Crippen molar-refractivity contribution in [2.45, 2.75) is 19.7 Å². The van der Waals surface area contributed by atoms with Gasteiger partial charge in [-0.2, -0.15) is 0 Å². The molecule has 0 heterocycles. The van der Waals surface area contributed by atoms with E-state index in [0.717, 1.165) is 22.8 Å². The Balaban J connectivity index is 1.87. The molecule has 138 valence electrons. The molecule has 5 nitrogen and oxygen atoms in total. The van der Waals surface area contributed by atoms with Gasteiger partial charge in [0.1, 0.15) is 12.4 Å². The Hall–Kier alpha value is -2.79. The number of rotatable bonds is 9. The lowest BCUT2D eigenvalue weighted by Crippen LogP contribution is -2.36. The minimum atomic E-state index is 0.489. The monoisotopic (exact) mass is 353 g/mol. The minimum absolute atomic E-state index is 0.489. The van der Waals surface area contributed by atoms with Gasteiger partial charge < -0.3 is 20.1 Å². The Kier molecular flexibility index (Phi) is 8.23. The third-order valence-electron chi connectivity index (χ3n) is 3.79. The zero-order valence-corrected chi connectivity index (χ0v) is 15.5. The van der Waals surface area contributed by atoms with Crippen molar-refractivity contribution in [3.63, 3.8) is 0 Å². The van der Waals surface area contributed by atoms with Crippen LogP contribution >= 0.6 is 0 Å². The summed E-state index contributed by atoms with van der Waals surface area (Å²) in [5.41, 5.74) is 3.42. The summed E-state index contributed by atoms with van der Waals surface area (Å²) in [4.78, 5) is 4.27. The SMILES string of the molecule is C=CCOc1ccccc1CNC(=NC)NCc1ccc(COC)cc1. The van der Waals surface area contributed by atoms with E-state index in [1.54, 1.807) is 20.2 Å². The number of ether oxygens (including phenoxy) is 2. The Bertz CT molecular complexity index is 711. The second-order valence-corrected chi connectivity index (χ2v) is 5.74. The first-order valence-electron chi connectivity index (χ1n) is 8.59. The summed E-state index contributed by atoms with van der Waals surface area (Å²) in [6.45, 7) is 6.12. The first-order valence-corrected chi connectivity index (χ1v) is 8.59. The van der Waals surface area contributed by atoms with Crippen LogP contribution in [-0.4, -0.2) is 26.7 Å². The van der Waals surface area contributed by atoms with E-state index in [1.165, 1.54) is 5.56 Å². The van der Waals surface area contributed by atoms with Crippen LogP contribution in [0.15, 0.2) is 66.2 Å². The first-order chi connectivity index (χ1) is 12.8. The lowest BCUT2D eigenvalue weighted by Gasteiger charge is -2.14. The highest BCUT2D eigenvalue weighted by Gasteiger charge is 2.04. The zero-order chi connectivity index (χ0) is 18.6. The van der Waals surface area contributed by atoms with E-state index < -0.39 is 0 Å². The van der Waals surface area contributed by atoms with Gasteiger partial charge in [0.25, 0.3) is 0 Å². The van der Waals surface area contributed by atoms with Crippen LogP contribution in [0.1, 0.15) is 16.7 Å². The Morgan fingerprint density at radius 3 is 2.42 bits per heavy atom. The third-order valence-corrected chi connectivity index (χ3v) is 3.79. The van der Waals surface area contributed by atoms with Crippen molar-refractivity contribution < 1.29 is 9.47 Å². The standard InChI is InChI=1S/C21H27N3O2/c1-4-13-26-20-8-6-5-7-19(20)15-24-21(22-2)23-14-17-9-11-18(12-10-17)16-25-3/h4-12H,1,13-16H2,2-3H3,(H2,22,23,24). The summed E-state index contributed by atoms with van der Waals surface area (Å²) in [6, 6.07) is 16.3. The van der Waals surface area contributed by atoms with Gasteiger partial charge in [0.2, 0.25) is 0 Å². The topological polar surface area (TPSA) is 54.9 Å². The van der Waals surface area contributed by atoms with Crippen molar-refractivity contribution in [2.24, 2.45) is 4.99 Å². The van der Waals surface area contributed by atoms with Crippen molar-refractivity contribution in [1.29, 1.82) is 0 Å². The normalized spacial score (nSPS) is 11.1. The maximum Gasteiger partial charge on any atom is 0.191 e. The molecular formula is C21H27N3O2. The Morgan fingerprint density at radius 2 is 1.73 bits per heavy atom. The molecule has 0 radical (unpaired) electrons. The molecule has 0 atom stereocenters. The fourth-order valence-electron chi connectivity index (χ4n) is 2.44. The van der Waals surface area contributed by atoms with Crippen molar-refractivity contribution in [3.8, 4) is 5.75 Å². The Labute approximate surface area is 155 Å². The maximum absolute atomic E-state index is 5.68. The minimum Gasteiger partial charge on any atom is -0.489 e. The summed E-state index contributed by atoms with van der Waals surface area (Å²) in [7, 11) is 3.46. The van der Waals surface area contributed by atoms with Crippen LogP contribution in [0.3, 0.4) is 0 Å². The van der Waals surface area contributed by atoms with Gasteiger partial charge in [-0.3, -0.25) is 4.99 Å². The molecule has 2 aromatic rings. The number of methoxy groups -OCH3 is 1. The van der Waals surface area contributed by atoms with Gasteiger partial charge >= 0.3 is 0 Å². The molecule has 0 aliphatic carbocycles.